The van der Waals surface area contributed by atoms with Gasteiger partial charge in [0.05, 0.1) is 7.11 Å². The number of methoxy groups -OCH3 is 1. The molecule has 0 spiro atoms. The Kier molecular flexibility index (Phi) is 4.17. The lowest BCUT2D eigenvalue weighted by atomic mass is 10.1. The number of H-pyrrole nitrogens is 1. The van der Waals surface area contributed by atoms with Crippen LogP contribution in [0.1, 0.15) is 35.2 Å². The number of hydrogen-bond acceptors (Lipinski definition) is 4. The van der Waals surface area contributed by atoms with Crippen LogP contribution in [0, 0.1) is 13.8 Å². The maximum atomic E-state index is 5.31. The van der Waals surface area contributed by atoms with Crippen LogP contribution in [0.2, 0.25) is 0 Å². The molecule has 0 amide bonds. The summed E-state index contributed by atoms with van der Waals surface area (Å²) >= 11 is 0. The van der Waals surface area contributed by atoms with Crippen molar-refractivity contribution in [2.45, 2.75) is 32.7 Å². The van der Waals surface area contributed by atoms with Crippen molar-refractivity contribution in [3.05, 3.63) is 53.2 Å². The molecule has 1 fully saturated rings. The predicted molar refractivity (Wildman–Crippen MR) is 99.0 cm³/mol. The Hall–Kier alpha value is -2.40. The topological polar surface area (TPSA) is 54.0 Å². The van der Waals surface area contributed by atoms with E-state index in [0.717, 1.165) is 54.5 Å². The maximum absolute atomic E-state index is 5.31. The zero-order valence-corrected chi connectivity index (χ0v) is 15.0. The van der Waals surface area contributed by atoms with Crippen molar-refractivity contribution in [2.75, 3.05) is 20.2 Å². The van der Waals surface area contributed by atoms with Gasteiger partial charge in [-0.25, -0.2) is 9.97 Å². The fraction of sp³-hybridized carbons (Fsp3) is 0.400. The third kappa shape index (κ3) is 3.37. The Morgan fingerprint density at radius 3 is 2.72 bits per heavy atom. The van der Waals surface area contributed by atoms with Crippen molar-refractivity contribution in [1.82, 2.24) is 19.9 Å². The second-order valence-corrected chi connectivity index (χ2v) is 6.98. The van der Waals surface area contributed by atoms with E-state index in [2.05, 4.69) is 38.1 Å². The van der Waals surface area contributed by atoms with Gasteiger partial charge in [0.25, 0.3) is 0 Å². The number of nitrogens with zero attached hydrogens (tertiary/aromatic N) is 3. The molecule has 0 unspecified atom stereocenters. The Morgan fingerprint density at radius 2 is 1.96 bits per heavy atom. The summed E-state index contributed by atoms with van der Waals surface area (Å²) in [6.45, 7) is 7.12. The van der Waals surface area contributed by atoms with Crippen LogP contribution in [0.3, 0.4) is 0 Å². The van der Waals surface area contributed by atoms with Gasteiger partial charge in [-0.2, -0.15) is 0 Å². The zero-order valence-electron chi connectivity index (χ0n) is 15.0. The number of benzene rings is 1. The zero-order chi connectivity index (χ0) is 17.4. The smallest absolute Gasteiger partial charge is 0.133 e. The highest BCUT2D eigenvalue weighted by molar-refractivity contribution is 5.81. The van der Waals surface area contributed by atoms with Crippen molar-refractivity contribution in [2.24, 2.45) is 0 Å². The van der Waals surface area contributed by atoms with Gasteiger partial charge in [0, 0.05) is 47.0 Å². The molecule has 25 heavy (non-hydrogen) atoms. The van der Waals surface area contributed by atoms with Crippen LogP contribution in [0.4, 0.5) is 0 Å². The Bertz CT molecular complexity index is 882. The third-order valence-electron chi connectivity index (χ3n) is 4.91. The van der Waals surface area contributed by atoms with E-state index < -0.39 is 0 Å². The van der Waals surface area contributed by atoms with E-state index in [1.807, 2.05) is 26.0 Å². The normalized spacial score (nSPS) is 18.1. The molecule has 3 heterocycles. The average molecular weight is 336 g/mol. The molecular formula is C20H24N4O. The van der Waals surface area contributed by atoms with Gasteiger partial charge in [-0.3, -0.25) is 4.90 Å². The molecular weight excluding hydrogens is 312 g/mol. The Labute approximate surface area is 148 Å². The number of fused-ring (bicyclic) bond motifs is 1. The molecule has 1 N–H and O–H groups in total. The second-order valence-electron chi connectivity index (χ2n) is 6.98. The van der Waals surface area contributed by atoms with Gasteiger partial charge >= 0.3 is 0 Å². The monoisotopic (exact) mass is 336 g/mol. The van der Waals surface area contributed by atoms with Crippen LogP contribution in [0.15, 0.2) is 30.3 Å². The number of rotatable bonds is 4. The first-order chi connectivity index (χ1) is 12.1. The number of likely N-dealkylation sites (tertiary alicyclic amines) is 1. The average Bonchev–Trinajstić information content (AvgIpc) is 3.19. The van der Waals surface area contributed by atoms with Gasteiger partial charge in [0.2, 0.25) is 0 Å². The molecule has 1 aliphatic rings. The van der Waals surface area contributed by atoms with Gasteiger partial charge < -0.3 is 9.72 Å². The molecule has 1 aromatic carbocycles. The Morgan fingerprint density at radius 1 is 1.16 bits per heavy atom. The quantitative estimate of drug-likeness (QED) is 0.791. The number of aryl methyl sites for hydroxylation is 2. The van der Waals surface area contributed by atoms with Crippen LogP contribution in [0.5, 0.6) is 5.75 Å². The number of aromatic amines is 1. The van der Waals surface area contributed by atoms with E-state index in [9.17, 15) is 0 Å². The van der Waals surface area contributed by atoms with E-state index in [-0.39, 0.29) is 0 Å². The van der Waals surface area contributed by atoms with E-state index in [0.29, 0.717) is 5.92 Å². The molecule has 1 atom stereocenters. The molecule has 5 nitrogen and oxygen atoms in total. The molecule has 3 aromatic rings. The minimum atomic E-state index is 0.433. The fourth-order valence-electron chi connectivity index (χ4n) is 3.75. The lowest BCUT2D eigenvalue weighted by Crippen LogP contribution is -2.20. The summed E-state index contributed by atoms with van der Waals surface area (Å²) < 4.78 is 5.31. The van der Waals surface area contributed by atoms with Gasteiger partial charge in [-0.15, -0.1) is 0 Å². The van der Waals surface area contributed by atoms with Crippen molar-refractivity contribution < 1.29 is 4.74 Å². The first kappa shape index (κ1) is 16.1. The summed E-state index contributed by atoms with van der Waals surface area (Å²) in [6, 6.07) is 10.4. The second kappa shape index (κ2) is 6.48. The first-order valence-electron chi connectivity index (χ1n) is 8.81. The summed E-state index contributed by atoms with van der Waals surface area (Å²) in [4.78, 5) is 15.3. The van der Waals surface area contributed by atoms with Crippen LogP contribution in [0.25, 0.3) is 10.9 Å². The summed E-state index contributed by atoms with van der Waals surface area (Å²) in [7, 11) is 1.70. The minimum Gasteiger partial charge on any atom is -0.497 e. The number of ether oxygens (including phenoxy) is 1. The van der Waals surface area contributed by atoms with Gasteiger partial charge in [0.15, 0.2) is 0 Å². The van der Waals surface area contributed by atoms with E-state index in [4.69, 9.17) is 4.74 Å². The molecule has 5 heteroatoms. The molecule has 0 saturated carbocycles. The molecule has 0 aliphatic carbocycles. The van der Waals surface area contributed by atoms with Crippen molar-refractivity contribution in [3.63, 3.8) is 0 Å². The number of hydrogen-bond donors (Lipinski definition) is 1. The standard InChI is InChI=1S/C20H24N4O/c1-13-8-14(2)22-20(21-13)15-6-7-24(11-15)12-17-9-16-10-18(25-3)4-5-19(16)23-17/h4-5,8-10,15,23H,6-7,11-12H2,1-3H3/t15-/m1/s1. The molecule has 130 valence electrons. The van der Waals surface area contributed by atoms with Crippen LogP contribution in [-0.4, -0.2) is 40.1 Å². The van der Waals surface area contributed by atoms with E-state index >= 15 is 0 Å². The molecule has 4 rings (SSSR count). The molecule has 0 bridgehead atoms. The fourth-order valence-corrected chi connectivity index (χ4v) is 3.75. The minimum absolute atomic E-state index is 0.433. The Balaban J connectivity index is 1.47. The predicted octanol–water partition coefficient (Wildman–Crippen LogP) is 3.57. The molecule has 1 aliphatic heterocycles. The highest BCUT2D eigenvalue weighted by Crippen LogP contribution is 2.27. The highest BCUT2D eigenvalue weighted by Gasteiger charge is 2.26. The largest absolute Gasteiger partial charge is 0.497 e. The summed E-state index contributed by atoms with van der Waals surface area (Å²) in [5.74, 6) is 2.33. The van der Waals surface area contributed by atoms with Crippen LogP contribution < -0.4 is 4.74 Å². The molecule has 0 radical (unpaired) electrons. The highest BCUT2D eigenvalue weighted by atomic mass is 16.5. The van der Waals surface area contributed by atoms with Crippen molar-refractivity contribution in [1.29, 1.82) is 0 Å². The number of nitrogens with one attached hydrogen (secondary N) is 1. The lowest BCUT2D eigenvalue weighted by molar-refractivity contribution is 0.322. The van der Waals surface area contributed by atoms with Gasteiger partial charge in [0.1, 0.15) is 11.6 Å². The number of aromatic nitrogens is 3. The van der Waals surface area contributed by atoms with E-state index in [1.54, 1.807) is 7.11 Å². The third-order valence-corrected chi connectivity index (χ3v) is 4.91. The SMILES string of the molecule is COc1ccc2[nH]c(CN3CC[C@@H](c4nc(C)cc(C)n4)C3)cc2c1. The lowest BCUT2D eigenvalue weighted by Gasteiger charge is -2.15. The van der Waals surface area contributed by atoms with E-state index in [1.165, 1.54) is 11.1 Å². The summed E-state index contributed by atoms with van der Waals surface area (Å²) in [6.07, 6.45) is 1.12. The maximum Gasteiger partial charge on any atom is 0.133 e. The van der Waals surface area contributed by atoms with Crippen molar-refractivity contribution in [3.8, 4) is 5.75 Å². The van der Waals surface area contributed by atoms with Gasteiger partial charge in [-0.05, 0) is 57.1 Å². The first-order valence-corrected chi connectivity index (χ1v) is 8.81. The molecule has 1 saturated heterocycles. The summed E-state index contributed by atoms with van der Waals surface area (Å²) in [5.41, 5.74) is 4.52. The van der Waals surface area contributed by atoms with Crippen molar-refractivity contribution >= 4 is 10.9 Å². The summed E-state index contributed by atoms with van der Waals surface area (Å²) in [5, 5.41) is 1.20. The molecule has 2 aromatic heterocycles. The van der Waals surface area contributed by atoms with Crippen LogP contribution >= 0.6 is 0 Å². The van der Waals surface area contributed by atoms with Crippen LogP contribution in [-0.2, 0) is 6.54 Å². The van der Waals surface area contributed by atoms with Gasteiger partial charge in [-0.1, -0.05) is 0 Å².